The van der Waals surface area contributed by atoms with Crippen LogP contribution in [0.15, 0.2) is 36.4 Å². The van der Waals surface area contributed by atoms with Gasteiger partial charge >= 0.3 is 11.6 Å². The number of carbonyl (C=O) groups excluding carboxylic acids is 1. The summed E-state index contributed by atoms with van der Waals surface area (Å²) in [6, 6.07) is 9.58. The van der Waals surface area contributed by atoms with Crippen LogP contribution in [0.25, 0.3) is 11.0 Å². The molecule has 0 saturated carbocycles. The van der Waals surface area contributed by atoms with E-state index in [-0.39, 0.29) is 28.1 Å². The summed E-state index contributed by atoms with van der Waals surface area (Å²) >= 11 is 0. The highest BCUT2D eigenvalue weighted by Gasteiger charge is 2.29. The number of aryl methyl sites for hydroxylation is 2. The average Bonchev–Trinajstić information content (AvgIpc) is 2.79. The lowest BCUT2D eigenvalue weighted by Gasteiger charge is -2.35. The third kappa shape index (κ3) is 4.10. The molecule has 2 aromatic carbocycles. The molecule has 4 rings (SSSR count). The quantitative estimate of drug-likeness (QED) is 0.365. The summed E-state index contributed by atoms with van der Waals surface area (Å²) in [6.45, 7) is 7.26. The number of nitrogens with one attached hydrogen (secondary N) is 1. The van der Waals surface area contributed by atoms with Gasteiger partial charge in [-0.05, 0) is 50.1 Å². The fourth-order valence-corrected chi connectivity index (χ4v) is 3.97. The maximum absolute atomic E-state index is 13.0. The number of hydrazine groups is 1. The highest BCUT2D eigenvalue weighted by atomic mass is 16.6. The second kappa shape index (κ2) is 8.51. The lowest BCUT2D eigenvalue weighted by molar-refractivity contribution is -0.468. The van der Waals surface area contributed by atoms with Gasteiger partial charge in [0.15, 0.2) is 0 Å². The van der Waals surface area contributed by atoms with Gasteiger partial charge in [-0.1, -0.05) is 0 Å². The summed E-state index contributed by atoms with van der Waals surface area (Å²) in [5, 5.41) is 25.3. The largest absolute Gasteiger partial charge is 0.805 e. The SMILES string of the molecule is Cc1cc2c(cc1C)[n+](=O)c(C(=O)NN1CCN(c3ccc([N+](=O)[O-])cc3)CC1)c(C)n2[O-]. The second-order valence-electron chi connectivity index (χ2n) is 8.14. The van der Waals surface area contributed by atoms with Gasteiger partial charge in [-0.15, -0.1) is 0 Å². The van der Waals surface area contributed by atoms with Gasteiger partial charge in [0.1, 0.15) is 5.52 Å². The average molecular weight is 452 g/mol. The molecule has 1 N–H and O–H groups in total. The number of rotatable bonds is 4. The second-order valence-corrected chi connectivity index (χ2v) is 8.14. The van der Waals surface area contributed by atoms with Crippen LogP contribution in [0.5, 0.6) is 0 Å². The number of nitrogens with zero attached hydrogens (tertiary/aromatic N) is 5. The Balaban J connectivity index is 1.50. The molecule has 0 bridgehead atoms. The van der Waals surface area contributed by atoms with E-state index in [9.17, 15) is 25.0 Å². The van der Waals surface area contributed by atoms with Crippen LogP contribution in [-0.4, -0.2) is 46.7 Å². The van der Waals surface area contributed by atoms with Crippen molar-refractivity contribution in [3.8, 4) is 0 Å². The number of aromatic nitrogens is 2. The smallest absolute Gasteiger partial charge is 0.347 e. The molecule has 2 heterocycles. The Morgan fingerprint density at radius 2 is 1.64 bits per heavy atom. The number of fused-ring (bicyclic) bond motifs is 1. The van der Waals surface area contributed by atoms with Crippen LogP contribution < -0.4 is 14.8 Å². The Kier molecular flexibility index (Phi) is 5.73. The summed E-state index contributed by atoms with van der Waals surface area (Å²) in [5.41, 5.74) is 5.51. The van der Waals surface area contributed by atoms with Crippen molar-refractivity contribution < 1.29 is 14.1 Å². The third-order valence-corrected chi connectivity index (χ3v) is 6.06. The summed E-state index contributed by atoms with van der Waals surface area (Å²) < 4.78 is 1.14. The number of nitro benzene ring substituents is 1. The topological polar surface area (TPSA) is 130 Å². The minimum absolute atomic E-state index is 0.0299. The number of carbonyl (C=O) groups is 1. The van der Waals surface area contributed by atoms with Gasteiger partial charge in [-0.25, -0.2) is 5.01 Å². The lowest BCUT2D eigenvalue weighted by Crippen LogP contribution is -2.54. The monoisotopic (exact) mass is 452 g/mol. The van der Waals surface area contributed by atoms with Crippen LogP contribution in [0, 0.1) is 41.0 Å². The maximum atomic E-state index is 13.0. The zero-order valence-electron chi connectivity index (χ0n) is 18.6. The van der Waals surface area contributed by atoms with Crippen LogP contribution in [0.3, 0.4) is 0 Å². The molecule has 1 aliphatic rings. The molecule has 1 fully saturated rings. The van der Waals surface area contributed by atoms with Crippen molar-refractivity contribution in [2.45, 2.75) is 20.8 Å². The number of hydrogen-bond donors (Lipinski definition) is 1. The third-order valence-electron chi connectivity index (χ3n) is 6.06. The van der Waals surface area contributed by atoms with Gasteiger partial charge in [0.25, 0.3) is 11.2 Å². The Labute approximate surface area is 189 Å². The van der Waals surface area contributed by atoms with E-state index >= 15 is 0 Å². The molecule has 1 aliphatic heterocycles. The number of benzene rings is 2. The fraction of sp³-hybridized carbons (Fsp3) is 0.318. The van der Waals surface area contributed by atoms with Crippen molar-refractivity contribution in [2.24, 2.45) is 0 Å². The molecule has 33 heavy (non-hydrogen) atoms. The molecule has 0 spiro atoms. The van der Waals surface area contributed by atoms with E-state index in [2.05, 4.69) is 10.3 Å². The molecule has 0 radical (unpaired) electrons. The molecule has 11 nitrogen and oxygen atoms in total. The highest BCUT2D eigenvalue weighted by molar-refractivity contribution is 5.92. The highest BCUT2D eigenvalue weighted by Crippen LogP contribution is 2.21. The van der Waals surface area contributed by atoms with Crippen molar-refractivity contribution >= 4 is 28.3 Å². The summed E-state index contributed by atoms with van der Waals surface area (Å²) in [7, 11) is 0. The summed E-state index contributed by atoms with van der Waals surface area (Å²) in [5.74, 6) is -0.643. The van der Waals surface area contributed by atoms with Crippen molar-refractivity contribution in [3.05, 3.63) is 79.1 Å². The molecule has 3 aromatic rings. The van der Waals surface area contributed by atoms with Gasteiger partial charge in [0, 0.05) is 55.0 Å². The number of amides is 1. The number of hydrogen-bond acceptors (Lipinski definition) is 7. The lowest BCUT2D eigenvalue weighted by atomic mass is 10.1. The van der Waals surface area contributed by atoms with Crippen molar-refractivity contribution in [2.75, 3.05) is 31.1 Å². The Morgan fingerprint density at radius 3 is 2.24 bits per heavy atom. The molecular weight excluding hydrogens is 428 g/mol. The first-order valence-electron chi connectivity index (χ1n) is 10.5. The van der Waals surface area contributed by atoms with E-state index in [0.29, 0.717) is 35.3 Å². The number of nitro groups is 1. The van der Waals surface area contributed by atoms with Gasteiger partial charge in [0.2, 0.25) is 0 Å². The zero-order chi connectivity index (χ0) is 23.9. The molecule has 11 heteroatoms. The normalized spacial score (nSPS) is 14.5. The summed E-state index contributed by atoms with van der Waals surface area (Å²) in [4.78, 5) is 38.4. The van der Waals surface area contributed by atoms with Crippen LogP contribution in [0.1, 0.15) is 27.3 Å². The standard InChI is InChI=1S/C22H24N6O5/c1-14-12-19-20(13-15(14)2)27(31)21(16(3)26(19)30)22(29)23-25-10-8-24(9-11-25)17-4-6-18(7-5-17)28(32)33/h4-7,12-13H,8-11H2,1-3H3,(H,23,29). The molecule has 1 saturated heterocycles. The van der Waals surface area contributed by atoms with Crippen LogP contribution >= 0.6 is 0 Å². The molecule has 0 aliphatic carbocycles. The number of piperazine rings is 1. The zero-order valence-corrected chi connectivity index (χ0v) is 18.6. The number of anilines is 1. The van der Waals surface area contributed by atoms with E-state index in [1.807, 2.05) is 13.8 Å². The molecule has 1 amide bonds. The number of non-ortho nitro benzene ring substituents is 1. The minimum Gasteiger partial charge on any atom is -0.805 e. The predicted molar refractivity (Wildman–Crippen MR) is 123 cm³/mol. The van der Waals surface area contributed by atoms with Crippen LogP contribution in [0.4, 0.5) is 11.4 Å². The Hall–Kier alpha value is -3.99. The van der Waals surface area contributed by atoms with Crippen LogP contribution in [0.2, 0.25) is 0 Å². The van der Waals surface area contributed by atoms with Gasteiger partial charge in [-0.2, -0.15) is 0 Å². The first-order valence-corrected chi connectivity index (χ1v) is 10.5. The Morgan fingerprint density at radius 1 is 1.03 bits per heavy atom. The van der Waals surface area contributed by atoms with Crippen molar-refractivity contribution in [1.29, 1.82) is 0 Å². The van der Waals surface area contributed by atoms with Gasteiger partial charge < -0.3 is 14.8 Å². The Bertz CT molecular complexity index is 1310. The van der Waals surface area contributed by atoms with Gasteiger partial charge in [-0.3, -0.25) is 20.3 Å². The van der Waals surface area contributed by atoms with Crippen molar-refractivity contribution in [1.82, 2.24) is 15.2 Å². The van der Waals surface area contributed by atoms with E-state index in [0.717, 1.165) is 16.8 Å². The van der Waals surface area contributed by atoms with E-state index in [1.165, 1.54) is 19.1 Å². The van der Waals surface area contributed by atoms with Crippen LogP contribution in [-0.2, 0) is 0 Å². The molecule has 0 atom stereocenters. The minimum atomic E-state index is -0.643. The summed E-state index contributed by atoms with van der Waals surface area (Å²) in [6.07, 6.45) is 0. The first-order chi connectivity index (χ1) is 15.7. The van der Waals surface area contributed by atoms with E-state index in [4.69, 9.17) is 0 Å². The van der Waals surface area contributed by atoms with Crippen molar-refractivity contribution in [3.63, 3.8) is 0 Å². The molecule has 172 valence electrons. The van der Waals surface area contributed by atoms with E-state index in [1.54, 1.807) is 29.3 Å². The predicted octanol–water partition coefficient (Wildman–Crippen LogP) is 2.20. The van der Waals surface area contributed by atoms with E-state index < -0.39 is 10.8 Å². The fourth-order valence-electron chi connectivity index (χ4n) is 3.97. The molecular formula is C22H24N6O5. The first kappa shape index (κ1) is 22.2. The van der Waals surface area contributed by atoms with Gasteiger partial charge in [0.05, 0.1) is 15.0 Å². The maximum Gasteiger partial charge on any atom is 0.347 e. The molecule has 1 aromatic heterocycles. The molecule has 0 unspecified atom stereocenters.